The van der Waals surface area contributed by atoms with Gasteiger partial charge in [-0.05, 0) is 44.9 Å². The fourth-order valence-electron chi connectivity index (χ4n) is 1.46. The Kier molecular flexibility index (Phi) is 5.36. The highest BCUT2D eigenvalue weighted by atomic mass is 16.6. The van der Waals surface area contributed by atoms with Crippen molar-refractivity contribution in [3.05, 3.63) is 29.8 Å². The molecule has 0 bridgehead atoms. The Bertz CT molecular complexity index is 421. The quantitative estimate of drug-likeness (QED) is 0.802. The van der Waals surface area contributed by atoms with Crippen LogP contribution in [-0.4, -0.2) is 24.6 Å². The molecule has 2 N–H and O–H groups in total. The molecular weight excluding hydrogens is 244 g/mol. The monoisotopic (exact) mass is 264 g/mol. The first-order chi connectivity index (χ1) is 8.90. The molecule has 5 heteroatoms. The zero-order valence-electron chi connectivity index (χ0n) is 11.5. The summed E-state index contributed by atoms with van der Waals surface area (Å²) >= 11 is 0. The molecule has 0 spiro atoms. The lowest BCUT2D eigenvalue weighted by atomic mass is 10.1. The molecule has 19 heavy (non-hydrogen) atoms. The standard InChI is InChI=1S/C14H20N2O3/c1-14(2,3)19-13(18)15-9-8-11-4-6-12(7-5-11)16-10-17/h4-7,10H,8-9H2,1-3H3,(H,15,18)(H,16,17). The van der Waals surface area contributed by atoms with Gasteiger partial charge in [0.15, 0.2) is 0 Å². The molecule has 0 aliphatic carbocycles. The van der Waals surface area contributed by atoms with E-state index in [-0.39, 0.29) is 0 Å². The van der Waals surface area contributed by atoms with Crippen LogP contribution in [0.5, 0.6) is 0 Å². The van der Waals surface area contributed by atoms with Crippen LogP contribution >= 0.6 is 0 Å². The molecule has 1 aromatic carbocycles. The minimum atomic E-state index is -0.480. The number of benzene rings is 1. The van der Waals surface area contributed by atoms with Gasteiger partial charge in [-0.15, -0.1) is 0 Å². The SMILES string of the molecule is CC(C)(C)OC(=O)NCCc1ccc(NC=O)cc1. The van der Waals surface area contributed by atoms with Crippen LogP contribution in [0.25, 0.3) is 0 Å². The molecule has 0 aromatic heterocycles. The first kappa shape index (κ1) is 15.0. The number of rotatable bonds is 5. The van der Waals surface area contributed by atoms with Crippen molar-refractivity contribution in [3.63, 3.8) is 0 Å². The second-order valence-electron chi connectivity index (χ2n) is 5.14. The van der Waals surface area contributed by atoms with E-state index in [1.807, 2.05) is 45.0 Å². The fourth-order valence-corrected chi connectivity index (χ4v) is 1.46. The molecule has 0 heterocycles. The maximum Gasteiger partial charge on any atom is 0.407 e. The molecule has 2 amide bonds. The van der Waals surface area contributed by atoms with Gasteiger partial charge in [0.05, 0.1) is 0 Å². The maximum atomic E-state index is 11.4. The van der Waals surface area contributed by atoms with Crippen LogP contribution in [0, 0.1) is 0 Å². The molecule has 0 fully saturated rings. The summed E-state index contributed by atoms with van der Waals surface area (Å²) in [6.45, 7) is 5.98. The summed E-state index contributed by atoms with van der Waals surface area (Å²) in [6, 6.07) is 7.44. The van der Waals surface area contributed by atoms with E-state index in [2.05, 4.69) is 10.6 Å². The summed E-state index contributed by atoms with van der Waals surface area (Å²) in [5.41, 5.74) is 1.35. The normalized spacial score (nSPS) is 10.7. The summed E-state index contributed by atoms with van der Waals surface area (Å²) < 4.78 is 5.13. The van der Waals surface area contributed by atoms with Gasteiger partial charge < -0.3 is 15.4 Å². The zero-order valence-corrected chi connectivity index (χ0v) is 11.5. The van der Waals surface area contributed by atoms with E-state index in [1.54, 1.807) is 0 Å². The van der Waals surface area contributed by atoms with Gasteiger partial charge in [-0.3, -0.25) is 4.79 Å². The van der Waals surface area contributed by atoms with E-state index in [0.717, 1.165) is 11.3 Å². The van der Waals surface area contributed by atoms with Gasteiger partial charge >= 0.3 is 6.09 Å². The average Bonchev–Trinajstić information content (AvgIpc) is 2.29. The smallest absolute Gasteiger partial charge is 0.407 e. The molecule has 1 rings (SSSR count). The lowest BCUT2D eigenvalue weighted by Crippen LogP contribution is -2.33. The highest BCUT2D eigenvalue weighted by Crippen LogP contribution is 2.09. The van der Waals surface area contributed by atoms with Crippen molar-refractivity contribution >= 4 is 18.2 Å². The number of alkyl carbamates (subject to hydrolysis) is 1. The van der Waals surface area contributed by atoms with E-state index >= 15 is 0 Å². The number of hydrogen-bond donors (Lipinski definition) is 2. The van der Waals surface area contributed by atoms with Crippen LogP contribution in [0.1, 0.15) is 26.3 Å². The predicted octanol–water partition coefficient (Wildman–Crippen LogP) is 2.32. The number of amides is 2. The Morgan fingerprint density at radius 2 is 1.89 bits per heavy atom. The van der Waals surface area contributed by atoms with Gasteiger partial charge in [-0.1, -0.05) is 12.1 Å². The van der Waals surface area contributed by atoms with Gasteiger partial charge in [-0.25, -0.2) is 4.79 Å². The van der Waals surface area contributed by atoms with Gasteiger partial charge in [-0.2, -0.15) is 0 Å². The van der Waals surface area contributed by atoms with Crippen molar-refractivity contribution in [2.24, 2.45) is 0 Å². The van der Waals surface area contributed by atoms with E-state index in [4.69, 9.17) is 4.74 Å². The first-order valence-corrected chi connectivity index (χ1v) is 6.17. The molecule has 0 aliphatic heterocycles. The van der Waals surface area contributed by atoms with Crippen LogP contribution in [-0.2, 0) is 16.0 Å². The lowest BCUT2D eigenvalue weighted by Gasteiger charge is -2.19. The molecule has 0 atom stereocenters. The van der Waals surface area contributed by atoms with Crippen molar-refractivity contribution in [3.8, 4) is 0 Å². The third kappa shape index (κ3) is 6.45. The Morgan fingerprint density at radius 1 is 1.26 bits per heavy atom. The summed E-state index contributed by atoms with van der Waals surface area (Å²) in [6.07, 6.45) is 0.936. The summed E-state index contributed by atoms with van der Waals surface area (Å²) in [5.74, 6) is 0. The van der Waals surface area contributed by atoms with Crippen LogP contribution in [0.2, 0.25) is 0 Å². The van der Waals surface area contributed by atoms with E-state index < -0.39 is 11.7 Å². The van der Waals surface area contributed by atoms with Crippen molar-refractivity contribution in [1.82, 2.24) is 5.32 Å². The van der Waals surface area contributed by atoms with Crippen LogP contribution in [0.3, 0.4) is 0 Å². The van der Waals surface area contributed by atoms with Gasteiger partial charge in [0.25, 0.3) is 0 Å². The molecule has 5 nitrogen and oxygen atoms in total. The molecule has 0 unspecified atom stereocenters. The van der Waals surface area contributed by atoms with Crippen LogP contribution in [0.15, 0.2) is 24.3 Å². The van der Waals surface area contributed by atoms with Crippen molar-refractivity contribution in [2.75, 3.05) is 11.9 Å². The Hall–Kier alpha value is -2.04. The number of hydrogen-bond acceptors (Lipinski definition) is 3. The molecule has 1 aromatic rings. The molecule has 0 aliphatic rings. The predicted molar refractivity (Wildman–Crippen MR) is 74.1 cm³/mol. The Labute approximate surface area is 113 Å². The molecule has 104 valence electrons. The van der Waals surface area contributed by atoms with E-state index in [9.17, 15) is 9.59 Å². The van der Waals surface area contributed by atoms with E-state index in [0.29, 0.717) is 19.4 Å². The Morgan fingerprint density at radius 3 is 2.42 bits per heavy atom. The molecule has 0 saturated carbocycles. The average molecular weight is 264 g/mol. The third-order valence-corrected chi connectivity index (χ3v) is 2.26. The second kappa shape index (κ2) is 6.78. The molecule has 0 saturated heterocycles. The highest BCUT2D eigenvalue weighted by molar-refractivity contribution is 5.71. The topological polar surface area (TPSA) is 67.4 Å². The lowest BCUT2D eigenvalue weighted by molar-refractivity contribution is -0.105. The number of ether oxygens (including phenoxy) is 1. The molecule has 0 radical (unpaired) electrons. The van der Waals surface area contributed by atoms with Crippen LogP contribution in [0.4, 0.5) is 10.5 Å². The van der Waals surface area contributed by atoms with Crippen molar-refractivity contribution < 1.29 is 14.3 Å². The zero-order chi connectivity index (χ0) is 14.3. The summed E-state index contributed by atoms with van der Waals surface area (Å²) in [5, 5.41) is 5.26. The number of carbonyl (C=O) groups excluding carboxylic acids is 2. The van der Waals surface area contributed by atoms with Crippen LogP contribution < -0.4 is 10.6 Å². The number of nitrogens with one attached hydrogen (secondary N) is 2. The minimum Gasteiger partial charge on any atom is -0.444 e. The van der Waals surface area contributed by atoms with Crippen molar-refractivity contribution in [1.29, 1.82) is 0 Å². The Balaban J connectivity index is 2.33. The van der Waals surface area contributed by atoms with Crippen molar-refractivity contribution in [2.45, 2.75) is 32.8 Å². The summed E-state index contributed by atoms with van der Waals surface area (Å²) in [7, 11) is 0. The number of carbonyl (C=O) groups is 2. The largest absolute Gasteiger partial charge is 0.444 e. The van der Waals surface area contributed by atoms with E-state index in [1.165, 1.54) is 0 Å². The summed E-state index contributed by atoms with van der Waals surface area (Å²) in [4.78, 5) is 21.7. The molecular formula is C14H20N2O3. The second-order valence-corrected chi connectivity index (χ2v) is 5.14. The number of anilines is 1. The van der Waals surface area contributed by atoms with Gasteiger partial charge in [0, 0.05) is 12.2 Å². The maximum absolute atomic E-state index is 11.4. The third-order valence-electron chi connectivity index (χ3n) is 2.26. The first-order valence-electron chi connectivity index (χ1n) is 6.17. The van der Waals surface area contributed by atoms with Gasteiger partial charge in [0.2, 0.25) is 6.41 Å². The minimum absolute atomic E-state index is 0.410. The highest BCUT2D eigenvalue weighted by Gasteiger charge is 2.15. The van der Waals surface area contributed by atoms with Gasteiger partial charge in [0.1, 0.15) is 5.60 Å². The fraction of sp³-hybridized carbons (Fsp3) is 0.429.